The maximum Gasteiger partial charge on any atom is 0.337 e. The van der Waals surface area contributed by atoms with E-state index in [2.05, 4.69) is 61.7 Å². The predicted octanol–water partition coefficient (Wildman–Crippen LogP) is 4.78. The monoisotopic (exact) mass is 507 g/mol. The molecular weight excluding hydrogens is 478 g/mol. The van der Waals surface area contributed by atoms with Gasteiger partial charge in [0.15, 0.2) is 5.65 Å². The summed E-state index contributed by atoms with van der Waals surface area (Å²) in [5, 5.41) is 22.7. The number of aryl methyl sites for hydroxylation is 1. The fraction of sp³-hybridized carbons (Fsp3) is 0.241. The molecule has 38 heavy (non-hydrogen) atoms. The number of fused-ring (bicyclic) bond motifs is 3. The van der Waals surface area contributed by atoms with Crippen molar-refractivity contribution in [2.24, 2.45) is 0 Å². The van der Waals surface area contributed by atoms with Gasteiger partial charge in [-0.2, -0.15) is 0 Å². The molecule has 1 atom stereocenters. The number of nitrogens with zero attached hydrogens (tertiary/aromatic N) is 6. The highest BCUT2D eigenvalue weighted by Gasteiger charge is 2.24. The molecule has 0 radical (unpaired) electrons. The Morgan fingerprint density at radius 1 is 0.974 bits per heavy atom. The van der Waals surface area contributed by atoms with Crippen molar-refractivity contribution in [3.8, 4) is 0 Å². The second-order valence-corrected chi connectivity index (χ2v) is 9.71. The zero-order valence-electron chi connectivity index (χ0n) is 21.4. The maximum absolute atomic E-state index is 11.8. The number of carboxylic acid groups (broad SMARTS) is 1. The number of benzene rings is 3. The summed E-state index contributed by atoms with van der Waals surface area (Å²) in [6.45, 7) is 7.49. The molecule has 0 aliphatic carbocycles. The summed E-state index contributed by atoms with van der Waals surface area (Å²) in [5.74, 6) is -0.150. The first-order valence-electron chi connectivity index (χ1n) is 12.8. The van der Waals surface area contributed by atoms with Gasteiger partial charge in [-0.3, -0.25) is 4.40 Å². The molecule has 0 amide bonds. The van der Waals surface area contributed by atoms with Crippen LogP contribution in [-0.2, 0) is 0 Å². The van der Waals surface area contributed by atoms with Crippen LogP contribution in [0.1, 0.15) is 34.5 Å². The minimum Gasteiger partial charge on any atom is -0.478 e. The van der Waals surface area contributed by atoms with Crippen molar-refractivity contribution in [2.75, 3.05) is 41.3 Å². The molecule has 9 nitrogen and oxygen atoms in total. The minimum absolute atomic E-state index is 0.196. The average molecular weight is 508 g/mol. The third kappa shape index (κ3) is 4.26. The summed E-state index contributed by atoms with van der Waals surface area (Å²) in [7, 11) is 0. The van der Waals surface area contributed by atoms with Crippen molar-refractivity contribution in [3.63, 3.8) is 0 Å². The van der Waals surface area contributed by atoms with E-state index in [1.165, 1.54) is 5.69 Å². The fourth-order valence-electron chi connectivity index (χ4n) is 5.28. The first-order valence-corrected chi connectivity index (χ1v) is 12.8. The second-order valence-electron chi connectivity index (χ2n) is 9.71. The molecule has 0 spiro atoms. The number of para-hydroxylation sites is 2. The van der Waals surface area contributed by atoms with Crippen LogP contribution in [0.25, 0.3) is 16.6 Å². The van der Waals surface area contributed by atoms with E-state index in [9.17, 15) is 9.90 Å². The van der Waals surface area contributed by atoms with Gasteiger partial charge in [0.05, 0.1) is 17.1 Å². The number of hydrogen-bond donors (Lipinski definition) is 2. The topological polar surface area (TPSA) is 98.9 Å². The van der Waals surface area contributed by atoms with Gasteiger partial charge in [-0.05, 0) is 49.7 Å². The molecule has 3 aromatic carbocycles. The lowest BCUT2D eigenvalue weighted by Gasteiger charge is -2.36. The standard InChI is InChI=1S/C29H29N7O2/c1-19-16-23(20(2)31-25-11-7-6-10-22(25)28(37)38)26-24(17-19)27-33-30-18-36(27)29(32-26)35-14-12-34(13-15-35)21-8-4-3-5-9-21/h3-11,16-18,20,31H,12-15H2,1-2H3,(H,37,38)/t20-/m1/s1. The van der Waals surface area contributed by atoms with E-state index < -0.39 is 5.97 Å². The molecule has 1 fully saturated rings. The predicted molar refractivity (Wildman–Crippen MR) is 149 cm³/mol. The highest BCUT2D eigenvalue weighted by atomic mass is 16.4. The summed E-state index contributed by atoms with van der Waals surface area (Å²) in [6, 6.07) is 21.4. The highest BCUT2D eigenvalue weighted by Crippen LogP contribution is 2.32. The van der Waals surface area contributed by atoms with Crippen LogP contribution in [0, 0.1) is 6.92 Å². The molecule has 9 heteroatoms. The molecule has 192 valence electrons. The minimum atomic E-state index is -0.963. The van der Waals surface area contributed by atoms with Gasteiger partial charge in [0.1, 0.15) is 6.33 Å². The Morgan fingerprint density at radius 3 is 2.45 bits per heavy atom. The van der Waals surface area contributed by atoms with Gasteiger partial charge in [-0.25, -0.2) is 9.78 Å². The molecule has 6 rings (SSSR count). The maximum atomic E-state index is 11.8. The molecule has 2 aromatic heterocycles. The Kier molecular flexibility index (Phi) is 6.03. The Balaban J connectivity index is 1.39. The lowest BCUT2D eigenvalue weighted by molar-refractivity contribution is 0.0698. The van der Waals surface area contributed by atoms with Crippen molar-refractivity contribution in [3.05, 3.63) is 89.7 Å². The van der Waals surface area contributed by atoms with Gasteiger partial charge < -0.3 is 20.2 Å². The molecule has 1 aliphatic heterocycles. The van der Waals surface area contributed by atoms with Crippen LogP contribution in [0.2, 0.25) is 0 Å². The molecule has 0 unspecified atom stereocenters. The zero-order valence-corrected chi connectivity index (χ0v) is 21.4. The summed E-state index contributed by atoms with van der Waals surface area (Å²) in [6.07, 6.45) is 1.73. The largest absolute Gasteiger partial charge is 0.478 e. The first-order chi connectivity index (χ1) is 18.5. The van der Waals surface area contributed by atoms with Crippen LogP contribution in [-0.4, -0.2) is 56.8 Å². The van der Waals surface area contributed by atoms with Crippen molar-refractivity contribution in [1.29, 1.82) is 0 Å². The van der Waals surface area contributed by atoms with Crippen molar-refractivity contribution >= 4 is 39.8 Å². The lowest BCUT2D eigenvalue weighted by atomic mass is 10.0. The Labute approximate surface area is 220 Å². The van der Waals surface area contributed by atoms with Crippen molar-refractivity contribution in [2.45, 2.75) is 19.9 Å². The number of rotatable bonds is 6. The number of nitrogens with one attached hydrogen (secondary N) is 1. The summed E-state index contributed by atoms with van der Waals surface area (Å²) < 4.78 is 1.97. The van der Waals surface area contributed by atoms with E-state index >= 15 is 0 Å². The lowest BCUT2D eigenvalue weighted by Crippen LogP contribution is -2.47. The Bertz CT molecular complexity index is 1620. The SMILES string of the molecule is Cc1cc([C@@H](C)Nc2ccccc2C(=O)O)c2nc(N3CCN(c4ccccc4)CC3)n3cnnc3c2c1. The van der Waals surface area contributed by atoms with Crippen molar-refractivity contribution in [1.82, 2.24) is 19.6 Å². The van der Waals surface area contributed by atoms with Gasteiger partial charge in [-0.1, -0.05) is 36.4 Å². The molecule has 3 heterocycles. The number of piperazine rings is 1. The van der Waals surface area contributed by atoms with Gasteiger partial charge in [0, 0.05) is 48.5 Å². The number of carboxylic acids is 1. The first kappa shape index (κ1) is 23.7. The van der Waals surface area contributed by atoms with Crippen LogP contribution >= 0.6 is 0 Å². The third-order valence-corrected chi connectivity index (χ3v) is 7.18. The average Bonchev–Trinajstić information content (AvgIpc) is 3.44. The summed E-state index contributed by atoms with van der Waals surface area (Å²) in [5.41, 5.74) is 5.69. The van der Waals surface area contributed by atoms with E-state index in [4.69, 9.17) is 4.98 Å². The van der Waals surface area contributed by atoms with Crippen LogP contribution < -0.4 is 15.1 Å². The second kappa shape index (κ2) is 9.66. The molecule has 5 aromatic rings. The highest BCUT2D eigenvalue weighted by molar-refractivity contribution is 5.96. The third-order valence-electron chi connectivity index (χ3n) is 7.18. The Hall–Kier alpha value is -4.66. The fourth-order valence-corrected chi connectivity index (χ4v) is 5.28. The molecule has 0 saturated carbocycles. The number of aromatic nitrogens is 4. The normalized spacial score (nSPS) is 14.7. The molecule has 2 N–H and O–H groups in total. The summed E-state index contributed by atoms with van der Waals surface area (Å²) in [4.78, 5) is 21.6. The van der Waals surface area contributed by atoms with Crippen molar-refractivity contribution < 1.29 is 9.90 Å². The Morgan fingerprint density at radius 2 is 1.68 bits per heavy atom. The van der Waals surface area contributed by atoms with Crippen LogP contribution in [0.5, 0.6) is 0 Å². The van der Waals surface area contributed by atoms with E-state index in [-0.39, 0.29) is 11.6 Å². The summed E-state index contributed by atoms with van der Waals surface area (Å²) >= 11 is 0. The van der Waals surface area contributed by atoms with Crippen LogP contribution in [0.15, 0.2) is 73.1 Å². The molecule has 1 aliphatic rings. The van der Waals surface area contributed by atoms with Crippen LogP contribution in [0.4, 0.5) is 17.3 Å². The zero-order chi connectivity index (χ0) is 26.2. The van der Waals surface area contributed by atoms with Gasteiger partial charge in [0.2, 0.25) is 5.95 Å². The number of anilines is 3. The molecule has 1 saturated heterocycles. The van der Waals surface area contributed by atoms with E-state index in [0.29, 0.717) is 5.69 Å². The van der Waals surface area contributed by atoms with E-state index in [0.717, 1.165) is 59.8 Å². The smallest absolute Gasteiger partial charge is 0.337 e. The van der Waals surface area contributed by atoms with Crippen LogP contribution in [0.3, 0.4) is 0 Å². The molecule has 0 bridgehead atoms. The number of hydrogen-bond acceptors (Lipinski definition) is 7. The van der Waals surface area contributed by atoms with E-state index in [1.54, 1.807) is 24.5 Å². The number of carbonyl (C=O) groups is 1. The van der Waals surface area contributed by atoms with Gasteiger partial charge in [0.25, 0.3) is 0 Å². The number of aromatic carboxylic acids is 1. The quantitative estimate of drug-likeness (QED) is 0.339. The van der Waals surface area contributed by atoms with Gasteiger partial charge >= 0.3 is 5.97 Å². The van der Waals surface area contributed by atoms with Gasteiger partial charge in [-0.15, -0.1) is 10.2 Å². The van der Waals surface area contributed by atoms with E-state index in [1.807, 2.05) is 30.4 Å². The molecular formula is C29H29N7O2.